The van der Waals surface area contributed by atoms with Gasteiger partial charge < -0.3 is 20.1 Å². The summed E-state index contributed by atoms with van der Waals surface area (Å²) in [4.78, 5) is 35.4. The number of carboxylic acid groups (broad SMARTS) is 1. The molecule has 0 aliphatic carbocycles. The number of amides is 2. The van der Waals surface area contributed by atoms with Gasteiger partial charge in [-0.3, -0.25) is 4.79 Å². The Hall–Kier alpha value is -1.79. The smallest absolute Gasteiger partial charge is 0.408 e. The minimum Gasteiger partial charge on any atom is -0.480 e. The van der Waals surface area contributed by atoms with Crippen LogP contribution < -0.4 is 5.32 Å². The topological polar surface area (TPSA) is 95.9 Å². The van der Waals surface area contributed by atoms with E-state index in [1.54, 1.807) is 20.8 Å². The van der Waals surface area contributed by atoms with Crippen LogP contribution in [0.2, 0.25) is 0 Å². The molecule has 1 aliphatic heterocycles. The van der Waals surface area contributed by atoms with Gasteiger partial charge in [0.2, 0.25) is 5.91 Å². The van der Waals surface area contributed by atoms with Crippen LogP contribution in [0.5, 0.6) is 0 Å². The van der Waals surface area contributed by atoms with Gasteiger partial charge in [0.05, 0.1) is 0 Å². The van der Waals surface area contributed by atoms with Gasteiger partial charge in [0.15, 0.2) is 0 Å². The molecular weight excluding hydrogens is 252 g/mol. The number of aliphatic carboxylic acids is 1. The minimum absolute atomic E-state index is 0.251. The SMILES string of the molecule is CC(C)(C)OC(=O)NCC(=O)N1CCC[C@H]1C(=O)O. The van der Waals surface area contributed by atoms with E-state index in [9.17, 15) is 14.4 Å². The van der Waals surface area contributed by atoms with Crippen LogP contribution >= 0.6 is 0 Å². The molecule has 1 heterocycles. The molecule has 0 aromatic rings. The molecule has 2 amide bonds. The zero-order valence-corrected chi connectivity index (χ0v) is 11.4. The summed E-state index contributed by atoms with van der Waals surface area (Å²) in [5, 5.41) is 11.3. The first-order valence-electron chi connectivity index (χ1n) is 6.20. The highest BCUT2D eigenvalue weighted by atomic mass is 16.6. The molecular formula is C12H20N2O5. The molecule has 0 radical (unpaired) electrons. The van der Waals surface area contributed by atoms with Gasteiger partial charge in [-0.2, -0.15) is 0 Å². The number of carbonyl (C=O) groups excluding carboxylic acids is 2. The molecule has 1 rings (SSSR count). The van der Waals surface area contributed by atoms with Crippen LogP contribution in [0.3, 0.4) is 0 Å². The molecule has 7 nitrogen and oxygen atoms in total. The summed E-state index contributed by atoms with van der Waals surface area (Å²) >= 11 is 0. The molecule has 1 fully saturated rings. The van der Waals surface area contributed by atoms with Gasteiger partial charge in [-0.15, -0.1) is 0 Å². The van der Waals surface area contributed by atoms with Gasteiger partial charge in [-0.1, -0.05) is 0 Å². The van der Waals surface area contributed by atoms with Crippen molar-refractivity contribution in [2.75, 3.05) is 13.1 Å². The van der Waals surface area contributed by atoms with Crippen molar-refractivity contribution in [2.45, 2.75) is 45.3 Å². The highest BCUT2D eigenvalue weighted by Crippen LogP contribution is 2.17. The van der Waals surface area contributed by atoms with Crippen LogP contribution in [0.15, 0.2) is 0 Å². The Kier molecular flexibility index (Phi) is 4.74. The van der Waals surface area contributed by atoms with Crippen molar-refractivity contribution >= 4 is 18.0 Å². The van der Waals surface area contributed by atoms with E-state index >= 15 is 0 Å². The van der Waals surface area contributed by atoms with Crippen molar-refractivity contribution in [2.24, 2.45) is 0 Å². The van der Waals surface area contributed by atoms with Crippen molar-refractivity contribution in [3.63, 3.8) is 0 Å². The molecule has 0 aromatic carbocycles. The van der Waals surface area contributed by atoms with Gasteiger partial charge in [0, 0.05) is 6.54 Å². The second kappa shape index (κ2) is 5.90. The normalized spacial score (nSPS) is 19.1. The molecule has 1 atom stereocenters. The maximum Gasteiger partial charge on any atom is 0.408 e. The molecule has 0 saturated carbocycles. The first-order valence-corrected chi connectivity index (χ1v) is 6.20. The summed E-state index contributed by atoms with van der Waals surface area (Å²) in [7, 11) is 0. The van der Waals surface area contributed by atoms with Crippen molar-refractivity contribution in [1.29, 1.82) is 0 Å². The second-order valence-corrected chi connectivity index (χ2v) is 5.44. The highest BCUT2D eigenvalue weighted by Gasteiger charge is 2.33. The average Bonchev–Trinajstić information content (AvgIpc) is 2.72. The lowest BCUT2D eigenvalue weighted by molar-refractivity contribution is -0.147. The molecule has 19 heavy (non-hydrogen) atoms. The van der Waals surface area contributed by atoms with Crippen molar-refractivity contribution < 1.29 is 24.2 Å². The van der Waals surface area contributed by atoms with Gasteiger partial charge in [-0.05, 0) is 33.6 Å². The van der Waals surface area contributed by atoms with Crippen molar-refractivity contribution in [3.8, 4) is 0 Å². The van der Waals surface area contributed by atoms with E-state index in [-0.39, 0.29) is 6.54 Å². The lowest BCUT2D eigenvalue weighted by atomic mass is 10.2. The van der Waals surface area contributed by atoms with E-state index in [4.69, 9.17) is 9.84 Å². The number of alkyl carbamates (subject to hydrolysis) is 1. The van der Waals surface area contributed by atoms with Crippen LogP contribution in [0.4, 0.5) is 4.79 Å². The number of rotatable bonds is 3. The largest absolute Gasteiger partial charge is 0.480 e. The maximum atomic E-state index is 11.8. The average molecular weight is 272 g/mol. The third-order valence-corrected chi connectivity index (χ3v) is 2.64. The second-order valence-electron chi connectivity index (χ2n) is 5.44. The van der Waals surface area contributed by atoms with Crippen LogP contribution in [-0.4, -0.2) is 52.7 Å². The van der Waals surface area contributed by atoms with Crippen molar-refractivity contribution in [1.82, 2.24) is 10.2 Å². The van der Waals surface area contributed by atoms with Crippen LogP contribution in [0, 0.1) is 0 Å². The molecule has 2 N–H and O–H groups in total. The van der Waals surface area contributed by atoms with Crippen LogP contribution in [0.25, 0.3) is 0 Å². The van der Waals surface area contributed by atoms with E-state index in [1.807, 2.05) is 0 Å². The predicted molar refractivity (Wildman–Crippen MR) is 66.6 cm³/mol. The van der Waals surface area contributed by atoms with Crippen LogP contribution in [0.1, 0.15) is 33.6 Å². The lowest BCUT2D eigenvalue weighted by Crippen LogP contribution is -2.46. The Bertz CT molecular complexity index is 375. The number of likely N-dealkylation sites (tertiary alicyclic amines) is 1. The molecule has 1 aliphatic rings. The molecule has 108 valence electrons. The number of nitrogens with one attached hydrogen (secondary N) is 1. The number of nitrogens with zero attached hydrogens (tertiary/aromatic N) is 1. The standard InChI is InChI=1S/C12H20N2O5/c1-12(2,3)19-11(18)13-7-9(15)14-6-4-5-8(14)10(16)17/h8H,4-7H2,1-3H3,(H,13,18)(H,16,17)/t8-/m0/s1. The lowest BCUT2D eigenvalue weighted by Gasteiger charge is -2.23. The fourth-order valence-electron chi connectivity index (χ4n) is 1.89. The van der Waals surface area contributed by atoms with Gasteiger partial charge in [0.1, 0.15) is 18.2 Å². The summed E-state index contributed by atoms with van der Waals surface area (Å²) in [6.45, 7) is 5.31. The Labute approximate surface area is 111 Å². The number of carbonyl (C=O) groups is 3. The zero-order valence-electron chi connectivity index (χ0n) is 11.4. The Morgan fingerprint density at radius 1 is 1.37 bits per heavy atom. The van der Waals surface area contributed by atoms with E-state index in [0.29, 0.717) is 19.4 Å². The van der Waals surface area contributed by atoms with E-state index in [1.165, 1.54) is 4.90 Å². The quantitative estimate of drug-likeness (QED) is 0.783. The Morgan fingerprint density at radius 2 is 2.00 bits per heavy atom. The fourth-order valence-corrected chi connectivity index (χ4v) is 1.89. The van der Waals surface area contributed by atoms with E-state index < -0.39 is 29.6 Å². The molecule has 0 spiro atoms. The summed E-state index contributed by atoms with van der Waals surface area (Å²) in [6.07, 6.45) is 0.426. The van der Waals surface area contributed by atoms with Crippen LogP contribution in [-0.2, 0) is 14.3 Å². The van der Waals surface area contributed by atoms with Gasteiger partial charge in [-0.25, -0.2) is 9.59 Å². The van der Waals surface area contributed by atoms with Gasteiger partial charge >= 0.3 is 12.1 Å². The molecule has 0 bridgehead atoms. The summed E-state index contributed by atoms with van der Waals surface area (Å²) in [5.41, 5.74) is -0.635. The third kappa shape index (κ3) is 4.76. The Balaban J connectivity index is 2.43. The van der Waals surface area contributed by atoms with E-state index in [0.717, 1.165) is 0 Å². The summed E-state index contributed by atoms with van der Waals surface area (Å²) in [5.74, 6) is -1.42. The molecule has 0 unspecified atom stereocenters. The first kappa shape index (κ1) is 15.3. The summed E-state index contributed by atoms with van der Waals surface area (Å²) in [6, 6.07) is -0.784. The first-order chi connectivity index (χ1) is 8.70. The minimum atomic E-state index is -1.01. The fraction of sp³-hybridized carbons (Fsp3) is 0.750. The van der Waals surface area contributed by atoms with Gasteiger partial charge in [0.25, 0.3) is 0 Å². The van der Waals surface area contributed by atoms with Crippen molar-refractivity contribution in [3.05, 3.63) is 0 Å². The molecule has 1 saturated heterocycles. The number of hydrogen-bond donors (Lipinski definition) is 2. The monoisotopic (exact) mass is 272 g/mol. The number of ether oxygens (including phenoxy) is 1. The predicted octanol–water partition coefficient (Wildman–Crippen LogP) is 0.587. The number of hydrogen-bond acceptors (Lipinski definition) is 4. The maximum absolute atomic E-state index is 11.8. The van der Waals surface area contributed by atoms with E-state index in [2.05, 4.69) is 5.32 Å². The molecule has 7 heteroatoms. The summed E-state index contributed by atoms with van der Waals surface area (Å²) < 4.78 is 4.99. The highest BCUT2D eigenvalue weighted by molar-refractivity contribution is 5.87. The Morgan fingerprint density at radius 3 is 2.53 bits per heavy atom. The zero-order chi connectivity index (χ0) is 14.6. The molecule has 0 aromatic heterocycles. The number of carboxylic acids is 1. The third-order valence-electron chi connectivity index (χ3n) is 2.64.